The van der Waals surface area contributed by atoms with E-state index < -0.39 is 0 Å². The average Bonchev–Trinajstić information content (AvgIpc) is 2.92. The molecule has 0 spiro atoms. The van der Waals surface area contributed by atoms with Crippen LogP contribution in [0.5, 0.6) is 5.75 Å². The summed E-state index contributed by atoms with van der Waals surface area (Å²) in [6, 6.07) is 6.55. The third-order valence-electron chi connectivity index (χ3n) is 2.99. The first kappa shape index (κ1) is 11.1. The second kappa shape index (κ2) is 4.33. The minimum absolute atomic E-state index is 0.0313. The maximum Gasteiger partial charge on any atom is 0.148 e. The lowest BCUT2D eigenvalue weighted by molar-refractivity contribution is 0.246. The van der Waals surface area contributed by atoms with Gasteiger partial charge in [0.05, 0.1) is 6.54 Å². The van der Waals surface area contributed by atoms with E-state index in [2.05, 4.69) is 10.4 Å². The first-order valence-electron chi connectivity index (χ1n) is 5.89. The first-order valence-corrected chi connectivity index (χ1v) is 5.89. The number of ether oxygens (including phenoxy) is 1. The lowest BCUT2D eigenvalue weighted by Crippen LogP contribution is -2.24. The monoisotopic (exact) mass is 247 g/mol. The number of aromatic nitrogens is 2. The van der Waals surface area contributed by atoms with Crippen molar-refractivity contribution < 1.29 is 9.13 Å². The number of nitrogens with one attached hydrogen (secondary N) is 1. The van der Waals surface area contributed by atoms with Gasteiger partial charge in [-0.3, -0.25) is 4.68 Å². The summed E-state index contributed by atoms with van der Waals surface area (Å²) in [6.45, 7) is 0.660. The second-order valence-corrected chi connectivity index (χ2v) is 4.45. The normalized spacial score (nSPS) is 17.3. The molecule has 4 nitrogen and oxygen atoms in total. The van der Waals surface area contributed by atoms with Crippen LogP contribution in [0.15, 0.2) is 30.5 Å². The molecule has 0 amide bonds. The molecular formula is C13H14FN3O. The van der Waals surface area contributed by atoms with E-state index in [-0.39, 0.29) is 11.9 Å². The van der Waals surface area contributed by atoms with E-state index in [1.54, 1.807) is 10.7 Å². The predicted octanol–water partition coefficient (Wildman–Crippen LogP) is 1.97. The van der Waals surface area contributed by atoms with Gasteiger partial charge in [0.25, 0.3) is 0 Å². The summed E-state index contributed by atoms with van der Waals surface area (Å²) in [7, 11) is 1.87. The van der Waals surface area contributed by atoms with Crippen LogP contribution in [0.25, 0.3) is 0 Å². The third kappa shape index (κ3) is 2.16. The molecule has 1 aliphatic heterocycles. The summed E-state index contributed by atoms with van der Waals surface area (Å²) in [5.41, 5.74) is 0.933. The topological polar surface area (TPSA) is 39.1 Å². The van der Waals surface area contributed by atoms with Crippen LogP contribution >= 0.6 is 0 Å². The van der Waals surface area contributed by atoms with E-state index >= 15 is 0 Å². The van der Waals surface area contributed by atoms with Gasteiger partial charge in [-0.25, -0.2) is 4.39 Å². The van der Waals surface area contributed by atoms with Crippen molar-refractivity contribution in [2.75, 3.05) is 11.9 Å². The first-order chi connectivity index (χ1) is 8.70. The van der Waals surface area contributed by atoms with Crippen LogP contribution in [0, 0.1) is 5.82 Å². The highest BCUT2D eigenvalue weighted by atomic mass is 19.1. The van der Waals surface area contributed by atoms with Crippen LogP contribution in [-0.2, 0) is 13.5 Å². The van der Waals surface area contributed by atoms with E-state index in [0.717, 1.165) is 23.6 Å². The molecule has 1 aromatic carbocycles. The van der Waals surface area contributed by atoms with Gasteiger partial charge >= 0.3 is 0 Å². The Morgan fingerprint density at radius 1 is 1.50 bits per heavy atom. The number of nitrogens with zero attached hydrogens (tertiary/aromatic N) is 2. The fourth-order valence-corrected chi connectivity index (χ4v) is 2.13. The summed E-state index contributed by atoms with van der Waals surface area (Å²) < 4.78 is 20.5. The van der Waals surface area contributed by atoms with Gasteiger partial charge in [0.15, 0.2) is 0 Å². The molecule has 2 heterocycles. The molecule has 0 aliphatic carbocycles. The quantitative estimate of drug-likeness (QED) is 0.901. The van der Waals surface area contributed by atoms with Gasteiger partial charge in [-0.15, -0.1) is 0 Å². The van der Waals surface area contributed by atoms with Crippen molar-refractivity contribution in [3.63, 3.8) is 0 Å². The van der Waals surface area contributed by atoms with E-state index in [1.807, 2.05) is 19.3 Å². The van der Waals surface area contributed by atoms with E-state index in [9.17, 15) is 4.39 Å². The van der Waals surface area contributed by atoms with Crippen LogP contribution < -0.4 is 10.1 Å². The number of hydrogen-bond acceptors (Lipinski definition) is 3. The fraction of sp³-hybridized carbons (Fsp3) is 0.308. The van der Waals surface area contributed by atoms with Crippen molar-refractivity contribution >= 4 is 5.82 Å². The molecule has 1 N–H and O–H groups in total. The molecule has 1 atom stereocenters. The molecule has 94 valence electrons. The molecule has 0 saturated carbocycles. The van der Waals surface area contributed by atoms with Gasteiger partial charge < -0.3 is 10.1 Å². The molecule has 1 aromatic heterocycles. The SMILES string of the molecule is Cn1ccc(NCC2Cc3cc(F)ccc3O2)n1. The lowest BCUT2D eigenvalue weighted by atomic mass is 10.1. The highest BCUT2D eigenvalue weighted by molar-refractivity contribution is 5.39. The highest BCUT2D eigenvalue weighted by Gasteiger charge is 2.23. The maximum atomic E-state index is 13.1. The minimum atomic E-state index is -0.212. The number of halogens is 1. The zero-order valence-electron chi connectivity index (χ0n) is 10.1. The van der Waals surface area contributed by atoms with E-state index in [1.165, 1.54) is 12.1 Å². The molecule has 1 unspecified atom stereocenters. The molecule has 0 saturated heterocycles. The number of rotatable bonds is 3. The summed E-state index contributed by atoms with van der Waals surface area (Å²) in [4.78, 5) is 0. The molecule has 2 aromatic rings. The zero-order valence-corrected chi connectivity index (χ0v) is 10.1. The van der Waals surface area contributed by atoms with Gasteiger partial charge in [-0.2, -0.15) is 5.10 Å². The Hall–Kier alpha value is -2.04. The van der Waals surface area contributed by atoms with Gasteiger partial charge in [0.2, 0.25) is 0 Å². The van der Waals surface area contributed by atoms with Crippen LogP contribution in [0.4, 0.5) is 10.2 Å². The molecule has 0 fully saturated rings. The van der Waals surface area contributed by atoms with Crippen molar-refractivity contribution in [1.29, 1.82) is 0 Å². The molecule has 18 heavy (non-hydrogen) atoms. The van der Waals surface area contributed by atoms with Crippen molar-refractivity contribution in [2.45, 2.75) is 12.5 Å². The third-order valence-corrected chi connectivity index (χ3v) is 2.99. The summed E-state index contributed by atoms with van der Waals surface area (Å²) >= 11 is 0. The molecule has 1 aliphatic rings. The molecule has 0 radical (unpaired) electrons. The lowest BCUT2D eigenvalue weighted by Gasteiger charge is -2.10. The minimum Gasteiger partial charge on any atom is -0.488 e. The van der Waals surface area contributed by atoms with Crippen LogP contribution in [0.1, 0.15) is 5.56 Å². The Bertz CT molecular complexity index is 567. The number of anilines is 1. The van der Waals surface area contributed by atoms with Crippen LogP contribution in [0.3, 0.4) is 0 Å². The number of aryl methyl sites for hydroxylation is 1. The van der Waals surface area contributed by atoms with E-state index in [0.29, 0.717) is 6.54 Å². The average molecular weight is 247 g/mol. The van der Waals surface area contributed by atoms with Crippen molar-refractivity contribution in [3.8, 4) is 5.75 Å². The van der Waals surface area contributed by atoms with Gasteiger partial charge in [0.1, 0.15) is 23.5 Å². The standard InChI is InChI=1S/C13H14FN3O/c1-17-5-4-13(16-17)15-8-11-7-9-6-10(14)2-3-12(9)18-11/h2-6,11H,7-8H2,1H3,(H,15,16). The Labute approximate surface area is 104 Å². The predicted molar refractivity (Wildman–Crippen MR) is 66.2 cm³/mol. The van der Waals surface area contributed by atoms with Gasteiger partial charge in [-0.1, -0.05) is 0 Å². The summed E-state index contributed by atoms with van der Waals surface area (Å²) in [5, 5.41) is 7.43. The second-order valence-electron chi connectivity index (χ2n) is 4.45. The highest BCUT2D eigenvalue weighted by Crippen LogP contribution is 2.29. The van der Waals surface area contributed by atoms with Gasteiger partial charge in [0, 0.05) is 31.3 Å². The summed E-state index contributed by atoms with van der Waals surface area (Å²) in [5.74, 6) is 1.39. The Balaban J connectivity index is 1.61. The van der Waals surface area contributed by atoms with Gasteiger partial charge in [-0.05, 0) is 18.2 Å². The Morgan fingerprint density at radius 3 is 3.17 bits per heavy atom. The largest absolute Gasteiger partial charge is 0.488 e. The fourth-order valence-electron chi connectivity index (χ4n) is 2.13. The van der Waals surface area contributed by atoms with Crippen LogP contribution in [0.2, 0.25) is 0 Å². The zero-order chi connectivity index (χ0) is 12.5. The van der Waals surface area contributed by atoms with Crippen LogP contribution in [-0.4, -0.2) is 22.4 Å². The smallest absolute Gasteiger partial charge is 0.148 e. The van der Waals surface area contributed by atoms with Crippen molar-refractivity contribution in [3.05, 3.63) is 41.8 Å². The molecular weight excluding hydrogens is 233 g/mol. The number of hydrogen-bond donors (Lipinski definition) is 1. The number of fused-ring (bicyclic) bond motifs is 1. The van der Waals surface area contributed by atoms with Crippen molar-refractivity contribution in [2.24, 2.45) is 7.05 Å². The Kier molecular flexibility index (Phi) is 2.66. The van der Waals surface area contributed by atoms with Crippen molar-refractivity contribution in [1.82, 2.24) is 9.78 Å². The molecule has 3 rings (SSSR count). The maximum absolute atomic E-state index is 13.1. The molecule has 0 bridgehead atoms. The summed E-state index contributed by atoms with van der Waals surface area (Å²) in [6.07, 6.45) is 2.64. The molecule has 5 heteroatoms. The number of benzene rings is 1. The Morgan fingerprint density at radius 2 is 2.39 bits per heavy atom. The van der Waals surface area contributed by atoms with E-state index in [4.69, 9.17) is 4.74 Å².